The third kappa shape index (κ3) is 3.75. The minimum atomic E-state index is -0.318. The lowest BCUT2D eigenvalue weighted by Gasteiger charge is -2.03. The number of benzene rings is 1. The van der Waals surface area contributed by atoms with E-state index in [0.717, 1.165) is 0 Å². The number of rotatable bonds is 4. The molecule has 0 aliphatic carbocycles. The number of thiazole rings is 1. The van der Waals surface area contributed by atoms with Gasteiger partial charge in [-0.1, -0.05) is 25.2 Å². The van der Waals surface area contributed by atoms with Crippen molar-refractivity contribution < 1.29 is 13.9 Å². The Morgan fingerprint density at radius 2 is 2.05 bits per heavy atom. The molecule has 19 heavy (non-hydrogen) atoms. The summed E-state index contributed by atoms with van der Waals surface area (Å²) in [6.07, 6.45) is 1.52. The Hall–Kier alpha value is -1.95. The standard InChI is InChI=1S/C13H13FN2O2S/c1-8(2)12(17)16-13-15-7-11(19-13)18-10-5-3-9(14)4-6-10/h3-8H,1-2H3,(H,15,16,17). The van der Waals surface area contributed by atoms with Crippen LogP contribution in [-0.4, -0.2) is 10.9 Å². The van der Waals surface area contributed by atoms with Gasteiger partial charge >= 0.3 is 0 Å². The minimum Gasteiger partial charge on any atom is -0.445 e. The van der Waals surface area contributed by atoms with E-state index in [-0.39, 0.29) is 17.6 Å². The van der Waals surface area contributed by atoms with Crippen molar-refractivity contribution in [3.8, 4) is 10.8 Å². The number of anilines is 1. The number of nitrogens with one attached hydrogen (secondary N) is 1. The molecule has 100 valence electrons. The molecule has 0 atom stereocenters. The highest BCUT2D eigenvalue weighted by Gasteiger charge is 2.10. The van der Waals surface area contributed by atoms with Crippen LogP contribution in [0, 0.1) is 11.7 Å². The van der Waals surface area contributed by atoms with E-state index >= 15 is 0 Å². The summed E-state index contributed by atoms with van der Waals surface area (Å²) in [6, 6.07) is 5.69. The van der Waals surface area contributed by atoms with E-state index in [1.54, 1.807) is 13.8 Å². The molecular formula is C13H13FN2O2S. The number of halogens is 1. The maximum Gasteiger partial charge on any atom is 0.228 e. The predicted octanol–water partition coefficient (Wildman–Crippen LogP) is 3.67. The number of hydrogen-bond donors (Lipinski definition) is 1. The van der Waals surface area contributed by atoms with Crippen LogP contribution in [0.25, 0.3) is 0 Å². The lowest BCUT2D eigenvalue weighted by atomic mass is 10.2. The van der Waals surface area contributed by atoms with Crippen molar-refractivity contribution >= 4 is 22.4 Å². The molecule has 0 bridgehead atoms. The number of ether oxygens (including phenoxy) is 1. The molecule has 0 unspecified atom stereocenters. The quantitative estimate of drug-likeness (QED) is 0.929. The van der Waals surface area contributed by atoms with Crippen LogP contribution < -0.4 is 10.1 Å². The molecule has 2 aromatic rings. The Kier molecular flexibility index (Phi) is 4.11. The number of carbonyl (C=O) groups excluding carboxylic acids is 1. The largest absolute Gasteiger partial charge is 0.445 e. The van der Waals surface area contributed by atoms with Crippen LogP contribution in [-0.2, 0) is 4.79 Å². The van der Waals surface area contributed by atoms with Gasteiger partial charge in [0.05, 0.1) is 6.20 Å². The van der Waals surface area contributed by atoms with Gasteiger partial charge in [0, 0.05) is 5.92 Å². The monoisotopic (exact) mass is 280 g/mol. The zero-order valence-electron chi connectivity index (χ0n) is 10.5. The SMILES string of the molecule is CC(C)C(=O)Nc1ncc(Oc2ccc(F)cc2)s1. The second-order valence-electron chi connectivity index (χ2n) is 4.18. The molecule has 0 fully saturated rings. The van der Waals surface area contributed by atoms with Gasteiger partial charge in [0.15, 0.2) is 5.13 Å². The van der Waals surface area contributed by atoms with Gasteiger partial charge in [0.25, 0.3) is 0 Å². The summed E-state index contributed by atoms with van der Waals surface area (Å²) in [6.45, 7) is 3.61. The fourth-order valence-corrected chi connectivity index (χ4v) is 1.92. The summed E-state index contributed by atoms with van der Waals surface area (Å²) in [5, 5.41) is 3.70. The van der Waals surface area contributed by atoms with E-state index in [9.17, 15) is 9.18 Å². The lowest BCUT2D eigenvalue weighted by molar-refractivity contribution is -0.118. The maximum absolute atomic E-state index is 12.7. The van der Waals surface area contributed by atoms with Crippen molar-refractivity contribution in [3.05, 3.63) is 36.3 Å². The average Bonchev–Trinajstić information content (AvgIpc) is 2.79. The van der Waals surface area contributed by atoms with Crippen LogP contribution in [0.15, 0.2) is 30.5 Å². The molecule has 0 aliphatic heterocycles. The molecule has 1 amide bonds. The van der Waals surface area contributed by atoms with E-state index in [1.807, 2.05) is 0 Å². The Morgan fingerprint density at radius 3 is 2.68 bits per heavy atom. The average molecular weight is 280 g/mol. The molecule has 0 aliphatic rings. The van der Waals surface area contributed by atoms with Crippen molar-refractivity contribution in [3.63, 3.8) is 0 Å². The van der Waals surface area contributed by atoms with Gasteiger partial charge in [0.2, 0.25) is 11.0 Å². The maximum atomic E-state index is 12.7. The highest BCUT2D eigenvalue weighted by Crippen LogP contribution is 2.30. The fraction of sp³-hybridized carbons (Fsp3) is 0.231. The van der Waals surface area contributed by atoms with Crippen molar-refractivity contribution in [1.82, 2.24) is 4.98 Å². The summed E-state index contributed by atoms with van der Waals surface area (Å²) in [4.78, 5) is 15.5. The summed E-state index contributed by atoms with van der Waals surface area (Å²) in [5.41, 5.74) is 0. The minimum absolute atomic E-state index is 0.0947. The molecule has 1 heterocycles. The van der Waals surface area contributed by atoms with Crippen LogP contribution in [0.5, 0.6) is 10.8 Å². The second-order valence-corrected chi connectivity index (χ2v) is 5.18. The first-order valence-corrected chi connectivity index (χ1v) is 6.56. The molecule has 1 aromatic carbocycles. The number of carbonyl (C=O) groups is 1. The number of nitrogens with zero attached hydrogens (tertiary/aromatic N) is 1. The van der Waals surface area contributed by atoms with Gasteiger partial charge in [-0.15, -0.1) is 0 Å². The Bertz CT molecular complexity index is 566. The van der Waals surface area contributed by atoms with Crippen molar-refractivity contribution in [2.75, 3.05) is 5.32 Å². The van der Waals surface area contributed by atoms with Gasteiger partial charge < -0.3 is 10.1 Å². The molecule has 2 rings (SSSR count). The first kappa shape index (κ1) is 13.5. The van der Waals surface area contributed by atoms with Crippen molar-refractivity contribution in [1.29, 1.82) is 0 Å². The zero-order chi connectivity index (χ0) is 13.8. The summed E-state index contributed by atoms with van der Waals surface area (Å²) in [7, 11) is 0. The van der Waals surface area contributed by atoms with Crippen LogP contribution in [0.2, 0.25) is 0 Å². The fourth-order valence-electron chi connectivity index (χ4n) is 1.23. The summed E-state index contributed by atoms with van der Waals surface area (Å²) in [5.74, 6) is 0.00127. The molecule has 0 spiro atoms. The first-order chi connectivity index (χ1) is 9.04. The molecule has 4 nitrogen and oxygen atoms in total. The molecule has 1 aromatic heterocycles. The first-order valence-electron chi connectivity index (χ1n) is 5.74. The normalized spacial score (nSPS) is 10.5. The smallest absolute Gasteiger partial charge is 0.228 e. The number of aromatic nitrogens is 1. The highest BCUT2D eigenvalue weighted by atomic mass is 32.1. The van der Waals surface area contributed by atoms with E-state index in [2.05, 4.69) is 10.3 Å². The van der Waals surface area contributed by atoms with E-state index in [0.29, 0.717) is 15.9 Å². The highest BCUT2D eigenvalue weighted by molar-refractivity contribution is 7.17. The third-order valence-electron chi connectivity index (χ3n) is 2.27. The van der Waals surface area contributed by atoms with E-state index in [1.165, 1.54) is 41.8 Å². The van der Waals surface area contributed by atoms with Crippen molar-refractivity contribution in [2.45, 2.75) is 13.8 Å². The van der Waals surface area contributed by atoms with Gasteiger partial charge in [-0.05, 0) is 24.3 Å². The molecule has 6 heteroatoms. The predicted molar refractivity (Wildman–Crippen MR) is 72.1 cm³/mol. The number of amides is 1. The second kappa shape index (κ2) is 5.79. The Morgan fingerprint density at radius 1 is 1.37 bits per heavy atom. The number of hydrogen-bond acceptors (Lipinski definition) is 4. The third-order valence-corrected chi connectivity index (χ3v) is 3.06. The van der Waals surface area contributed by atoms with Crippen LogP contribution >= 0.6 is 11.3 Å². The Labute approximate surface area is 114 Å². The van der Waals surface area contributed by atoms with Crippen LogP contribution in [0.3, 0.4) is 0 Å². The summed E-state index contributed by atoms with van der Waals surface area (Å²) >= 11 is 1.22. The molecule has 0 saturated heterocycles. The molecule has 0 radical (unpaired) electrons. The van der Waals surface area contributed by atoms with Gasteiger partial charge in [0.1, 0.15) is 11.6 Å². The van der Waals surface area contributed by atoms with E-state index in [4.69, 9.17) is 4.74 Å². The lowest BCUT2D eigenvalue weighted by Crippen LogP contribution is -2.17. The molecule has 0 saturated carbocycles. The summed E-state index contributed by atoms with van der Waals surface area (Å²) < 4.78 is 18.2. The Balaban J connectivity index is 2.01. The molecule has 1 N–H and O–H groups in total. The van der Waals surface area contributed by atoms with Gasteiger partial charge in [-0.3, -0.25) is 4.79 Å². The van der Waals surface area contributed by atoms with Crippen LogP contribution in [0.1, 0.15) is 13.8 Å². The topological polar surface area (TPSA) is 51.2 Å². The molecular weight excluding hydrogens is 267 g/mol. The van der Waals surface area contributed by atoms with Crippen molar-refractivity contribution in [2.24, 2.45) is 5.92 Å². The van der Waals surface area contributed by atoms with E-state index < -0.39 is 0 Å². The van der Waals surface area contributed by atoms with Gasteiger partial charge in [-0.25, -0.2) is 9.37 Å². The zero-order valence-corrected chi connectivity index (χ0v) is 11.3. The van der Waals surface area contributed by atoms with Crippen LogP contribution in [0.4, 0.5) is 9.52 Å². The van der Waals surface area contributed by atoms with Gasteiger partial charge in [-0.2, -0.15) is 0 Å².